The number of likely N-dealkylation sites (tertiary alicyclic amines) is 1. The maximum Gasteiger partial charge on any atom is 0.304 e. The third-order valence-electron chi connectivity index (χ3n) is 4.22. The molecule has 1 saturated heterocycles. The van der Waals surface area contributed by atoms with Gasteiger partial charge in [0.05, 0.1) is 6.42 Å². The van der Waals surface area contributed by atoms with Gasteiger partial charge in [0, 0.05) is 25.2 Å². The van der Waals surface area contributed by atoms with E-state index in [1.54, 1.807) is 0 Å². The molecule has 18 heavy (non-hydrogen) atoms. The van der Waals surface area contributed by atoms with Gasteiger partial charge in [-0.15, -0.1) is 0 Å². The summed E-state index contributed by atoms with van der Waals surface area (Å²) in [5.74, 6) is -0.683. The number of hydrogen-bond donors (Lipinski definition) is 2. The molecule has 2 fully saturated rings. The Morgan fingerprint density at radius 1 is 1.11 bits per heavy atom. The van der Waals surface area contributed by atoms with Crippen molar-refractivity contribution in [2.24, 2.45) is 0 Å². The molecule has 1 aliphatic heterocycles. The van der Waals surface area contributed by atoms with E-state index in [9.17, 15) is 4.79 Å². The molecule has 1 aliphatic carbocycles. The lowest BCUT2D eigenvalue weighted by atomic mass is 9.94. The predicted molar refractivity (Wildman–Crippen MR) is 71.7 cm³/mol. The fourth-order valence-electron chi connectivity index (χ4n) is 3.25. The molecular weight excluding hydrogens is 228 g/mol. The summed E-state index contributed by atoms with van der Waals surface area (Å²) in [7, 11) is 0. The number of nitrogens with one attached hydrogen (secondary N) is 1. The predicted octanol–water partition coefficient (Wildman–Crippen LogP) is 1.85. The molecule has 0 radical (unpaired) electrons. The lowest BCUT2D eigenvalue weighted by Crippen LogP contribution is -2.49. The van der Waals surface area contributed by atoms with Gasteiger partial charge >= 0.3 is 5.97 Å². The van der Waals surface area contributed by atoms with E-state index < -0.39 is 5.97 Å². The van der Waals surface area contributed by atoms with E-state index in [-0.39, 0.29) is 6.42 Å². The van der Waals surface area contributed by atoms with Crippen LogP contribution >= 0.6 is 0 Å². The standard InChI is InChI=1S/C14H26N2O2/c17-14(18)8-10-16-9-4-7-13(11-16)15-12-5-2-1-3-6-12/h12-13,15H,1-11H2,(H,17,18). The van der Waals surface area contributed by atoms with E-state index >= 15 is 0 Å². The average molecular weight is 254 g/mol. The van der Waals surface area contributed by atoms with E-state index in [1.165, 1.54) is 44.9 Å². The van der Waals surface area contributed by atoms with Gasteiger partial charge in [0.1, 0.15) is 0 Å². The minimum absolute atomic E-state index is 0.274. The molecule has 0 aromatic carbocycles. The van der Waals surface area contributed by atoms with Crippen LogP contribution in [0.2, 0.25) is 0 Å². The number of carboxylic acid groups (broad SMARTS) is 1. The lowest BCUT2D eigenvalue weighted by Gasteiger charge is -2.36. The number of hydrogen-bond acceptors (Lipinski definition) is 3. The van der Waals surface area contributed by atoms with E-state index in [2.05, 4.69) is 10.2 Å². The monoisotopic (exact) mass is 254 g/mol. The first-order chi connectivity index (χ1) is 8.74. The van der Waals surface area contributed by atoms with Crippen molar-refractivity contribution in [1.29, 1.82) is 0 Å². The van der Waals surface area contributed by atoms with E-state index in [4.69, 9.17) is 5.11 Å². The van der Waals surface area contributed by atoms with Crippen molar-refractivity contribution < 1.29 is 9.90 Å². The summed E-state index contributed by atoms with van der Waals surface area (Å²) in [5.41, 5.74) is 0. The molecule has 4 heteroatoms. The first kappa shape index (κ1) is 13.8. The fourth-order valence-corrected chi connectivity index (χ4v) is 3.25. The molecule has 104 valence electrons. The van der Waals surface area contributed by atoms with E-state index in [0.717, 1.165) is 13.1 Å². The van der Waals surface area contributed by atoms with Gasteiger partial charge in [-0.25, -0.2) is 0 Å². The van der Waals surface area contributed by atoms with Crippen LogP contribution < -0.4 is 5.32 Å². The van der Waals surface area contributed by atoms with E-state index in [0.29, 0.717) is 18.6 Å². The van der Waals surface area contributed by atoms with Crippen molar-refractivity contribution in [3.63, 3.8) is 0 Å². The van der Waals surface area contributed by atoms with Gasteiger partial charge in [-0.05, 0) is 32.2 Å². The Bertz CT molecular complexity index is 265. The van der Waals surface area contributed by atoms with Crippen molar-refractivity contribution in [2.75, 3.05) is 19.6 Å². The SMILES string of the molecule is O=C(O)CCN1CCCC(NC2CCCCC2)C1. The van der Waals surface area contributed by atoms with Crippen molar-refractivity contribution in [1.82, 2.24) is 10.2 Å². The van der Waals surface area contributed by atoms with Crippen LogP contribution in [-0.4, -0.2) is 47.7 Å². The summed E-state index contributed by atoms with van der Waals surface area (Å²) in [6.07, 6.45) is 9.51. The molecule has 0 aromatic rings. The van der Waals surface area contributed by atoms with Crippen molar-refractivity contribution in [3.8, 4) is 0 Å². The molecule has 2 aliphatic rings. The van der Waals surface area contributed by atoms with Crippen LogP contribution in [0.4, 0.5) is 0 Å². The van der Waals surface area contributed by atoms with Crippen LogP contribution in [0.5, 0.6) is 0 Å². The zero-order chi connectivity index (χ0) is 12.8. The highest BCUT2D eigenvalue weighted by Gasteiger charge is 2.23. The topological polar surface area (TPSA) is 52.6 Å². The number of rotatable bonds is 5. The van der Waals surface area contributed by atoms with Crippen LogP contribution in [0.15, 0.2) is 0 Å². The molecule has 1 atom stereocenters. The Morgan fingerprint density at radius 2 is 1.83 bits per heavy atom. The molecule has 2 N–H and O–H groups in total. The van der Waals surface area contributed by atoms with Gasteiger partial charge in [-0.2, -0.15) is 0 Å². The average Bonchev–Trinajstić information content (AvgIpc) is 2.38. The highest BCUT2D eigenvalue weighted by atomic mass is 16.4. The summed E-state index contributed by atoms with van der Waals surface area (Å²) in [6.45, 7) is 2.80. The van der Waals surface area contributed by atoms with Crippen molar-refractivity contribution in [3.05, 3.63) is 0 Å². The number of nitrogens with zero attached hydrogens (tertiary/aromatic N) is 1. The number of aliphatic carboxylic acids is 1. The molecule has 4 nitrogen and oxygen atoms in total. The van der Waals surface area contributed by atoms with Gasteiger partial charge in [0.15, 0.2) is 0 Å². The van der Waals surface area contributed by atoms with Crippen LogP contribution in [-0.2, 0) is 4.79 Å². The Kier molecular flexibility index (Phi) is 5.45. The van der Waals surface area contributed by atoms with E-state index in [1.807, 2.05) is 0 Å². The smallest absolute Gasteiger partial charge is 0.304 e. The normalized spacial score (nSPS) is 27.2. The second-order valence-corrected chi connectivity index (χ2v) is 5.79. The van der Waals surface area contributed by atoms with Crippen LogP contribution in [0.1, 0.15) is 51.4 Å². The molecule has 0 spiro atoms. The highest BCUT2D eigenvalue weighted by molar-refractivity contribution is 5.66. The highest BCUT2D eigenvalue weighted by Crippen LogP contribution is 2.19. The Labute approximate surface area is 110 Å². The van der Waals surface area contributed by atoms with Gasteiger partial charge < -0.3 is 15.3 Å². The van der Waals surface area contributed by atoms with Gasteiger partial charge in [0.2, 0.25) is 0 Å². The fraction of sp³-hybridized carbons (Fsp3) is 0.929. The molecule has 2 rings (SSSR count). The molecule has 0 aromatic heterocycles. The maximum absolute atomic E-state index is 10.6. The zero-order valence-electron chi connectivity index (χ0n) is 11.2. The second-order valence-electron chi connectivity index (χ2n) is 5.79. The van der Waals surface area contributed by atoms with Crippen LogP contribution in [0.25, 0.3) is 0 Å². The molecule has 1 heterocycles. The molecule has 0 bridgehead atoms. The van der Waals surface area contributed by atoms with Crippen LogP contribution in [0.3, 0.4) is 0 Å². The minimum atomic E-state index is -0.683. The maximum atomic E-state index is 10.6. The molecule has 1 unspecified atom stereocenters. The summed E-state index contributed by atoms with van der Waals surface area (Å²) < 4.78 is 0. The summed E-state index contributed by atoms with van der Waals surface area (Å²) in [6, 6.07) is 1.29. The molecule has 0 amide bonds. The van der Waals surface area contributed by atoms with Crippen molar-refractivity contribution in [2.45, 2.75) is 63.5 Å². The summed E-state index contributed by atoms with van der Waals surface area (Å²) >= 11 is 0. The number of carboxylic acids is 1. The third kappa shape index (κ3) is 4.58. The van der Waals surface area contributed by atoms with Gasteiger partial charge in [-0.1, -0.05) is 19.3 Å². The number of piperidine rings is 1. The Morgan fingerprint density at radius 3 is 2.56 bits per heavy atom. The van der Waals surface area contributed by atoms with Crippen LogP contribution in [0, 0.1) is 0 Å². The lowest BCUT2D eigenvalue weighted by molar-refractivity contribution is -0.137. The van der Waals surface area contributed by atoms with Crippen molar-refractivity contribution >= 4 is 5.97 Å². The van der Waals surface area contributed by atoms with Gasteiger partial charge in [0.25, 0.3) is 0 Å². The second kappa shape index (κ2) is 7.10. The Hall–Kier alpha value is -0.610. The third-order valence-corrected chi connectivity index (χ3v) is 4.22. The molecule has 1 saturated carbocycles. The number of carbonyl (C=O) groups is 1. The largest absolute Gasteiger partial charge is 0.481 e. The first-order valence-corrected chi connectivity index (χ1v) is 7.44. The summed E-state index contributed by atoms with van der Waals surface area (Å²) in [5, 5.41) is 12.5. The zero-order valence-corrected chi connectivity index (χ0v) is 11.2. The quantitative estimate of drug-likeness (QED) is 0.786. The minimum Gasteiger partial charge on any atom is -0.481 e. The van der Waals surface area contributed by atoms with Gasteiger partial charge in [-0.3, -0.25) is 4.79 Å². The molecular formula is C14H26N2O2. The first-order valence-electron chi connectivity index (χ1n) is 7.44. The summed E-state index contributed by atoms with van der Waals surface area (Å²) in [4.78, 5) is 12.9. The Balaban J connectivity index is 1.70.